The van der Waals surface area contributed by atoms with Gasteiger partial charge in [-0.1, -0.05) is 18.6 Å². The molecule has 0 spiro atoms. The van der Waals surface area contributed by atoms with Gasteiger partial charge in [0.15, 0.2) is 11.8 Å². The summed E-state index contributed by atoms with van der Waals surface area (Å²) in [5.74, 6) is 3.74. The maximum absolute atomic E-state index is 5.19. The zero-order valence-corrected chi connectivity index (χ0v) is 18.4. The third-order valence-corrected chi connectivity index (χ3v) is 4.52. The predicted molar refractivity (Wildman–Crippen MR) is 118 cm³/mol. The Hall–Kier alpha value is -1.84. The van der Waals surface area contributed by atoms with Crippen LogP contribution in [0.5, 0.6) is 5.75 Å². The van der Waals surface area contributed by atoms with Crippen LogP contribution in [0.4, 0.5) is 0 Å². The summed E-state index contributed by atoms with van der Waals surface area (Å²) in [6.07, 6.45) is 4.70. The van der Waals surface area contributed by atoms with E-state index in [-0.39, 0.29) is 24.0 Å². The molecule has 0 saturated heterocycles. The normalized spacial score (nSPS) is 13.9. The van der Waals surface area contributed by atoms with E-state index in [4.69, 9.17) is 4.74 Å². The fourth-order valence-electron chi connectivity index (χ4n) is 3.08. The van der Waals surface area contributed by atoms with Gasteiger partial charge in [0.1, 0.15) is 11.6 Å². The summed E-state index contributed by atoms with van der Waals surface area (Å²) in [5, 5.41) is 15.4. The number of ether oxygens (including phenoxy) is 1. The lowest BCUT2D eigenvalue weighted by molar-refractivity contribution is 0.414. The van der Waals surface area contributed by atoms with Crippen molar-refractivity contribution < 1.29 is 4.74 Å². The second-order valence-corrected chi connectivity index (χ2v) is 6.39. The van der Waals surface area contributed by atoms with Crippen LogP contribution in [-0.4, -0.2) is 34.4 Å². The highest BCUT2D eigenvalue weighted by molar-refractivity contribution is 14.0. The summed E-state index contributed by atoms with van der Waals surface area (Å²) in [5.41, 5.74) is 1.14. The minimum atomic E-state index is 0. The van der Waals surface area contributed by atoms with Gasteiger partial charge in [0.05, 0.1) is 20.2 Å². The summed E-state index contributed by atoms with van der Waals surface area (Å²) in [7, 11) is 1.67. The van der Waals surface area contributed by atoms with Crippen LogP contribution >= 0.6 is 24.0 Å². The summed E-state index contributed by atoms with van der Waals surface area (Å²) < 4.78 is 7.45. The van der Waals surface area contributed by atoms with E-state index < -0.39 is 0 Å². The number of aliphatic imine (C=N–C) groups is 1. The van der Waals surface area contributed by atoms with Crippen molar-refractivity contribution >= 4 is 29.9 Å². The van der Waals surface area contributed by atoms with Crippen molar-refractivity contribution in [3.05, 3.63) is 41.5 Å². The van der Waals surface area contributed by atoms with Gasteiger partial charge in [0.2, 0.25) is 0 Å². The fraction of sp³-hybridized carbons (Fsp3) is 0.526. The number of aryl methyl sites for hydroxylation is 1. The molecule has 1 aliphatic rings. The molecule has 1 aromatic heterocycles. The summed E-state index contributed by atoms with van der Waals surface area (Å²) >= 11 is 0. The van der Waals surface area contributed by atoms with Crippen LogP contribution < -0.4 is 15.4 Å². The van der Waals surface area contributed by atoms with Crippen molar-refractivity contribution in [3.63, 3.8) is 0 Å². The number of guanidine groups is 1. The van der Waals surface area contributed by atoms with E-state index in [1.807, 2.05) is 24.3 Å². The van der Waals surface area contributed by atoms with Gasteiger partial charge in [0, 0.05) is 19.5 Å². The zero-order valence-electron chi connectivity index (χ0n) is 16.1. The molecule has 0 saturated carbocycles. The maximum atomic E-state index is 5.19. The number of hydrogen-bond acceptors (Lipinski definition) is 4. The molecule has 0 bridgehead atoms. The fourth-order valence-corrected chi connectivity index (χ4v) is 3.08. The van der Waals surface area contributed by atoms with Gasteiger partial charge >= 0.3 is 0 Å². The first kappa shape index (κ1) is 21.5. The number of benzene rings is 1. The van der Waals surface area contributed by atoms with E-state index in [1.54, 1.807) is 7.11 Å². The Morgan fingerprint density at radius 3 is 2.70 bits per heavy atom. The molecule has 0 aliphatic carbocycles. The summed E-state index contributed by atoms with van der Waals surface area (Å²) in [6, 6.07) is 7.97. The minimum Gasteiger partial charge on any atom is -0.497 e. The van der Waals surface area contributed by atoms with Gasteiger partial charge in [-0.2, -0.15) is 0 Å². The molecule has 0 fully saturated rings. The SMILES string of the molecule is CCNC(=NCc1ccc(OC)cc1)NCc1nnc2n1CCCCC2.I. The van der Waals surface area contributed by atoms with Crippen molar-refractivity contribution in [2.45, 2.75) is 52.2 Å². The van der Waals surface area contributed by atoms with Crippen LogP contribution in [0.2, 0.25) is 0 Å². The largest absolute Gasteiger partial charge is 0.497 e. The van der Waals surface area contributed by atoms with E-state index in [9.17, 15) is 0 Å². The molecule has 8 heteroatoms. The van der Waals surface area contributed by atoms with Gasteiger partial charge in [-0.05, 0) is 37.5 Å². The highest BCUT2D eigenvalue weighted by atomic mass is 127. The molecule has 0 atom stereocenters. The van der Waals surface area contributed by atoms with Crippen molar-refractivity contribution in [1.82, 2.24) is 25.4 Å². The lowest BCUT2D eigenvalue weighted by Gasteiger charge is -2.12. The number of nitrogens with one attached hydrogen (secondary N) is 2. The molecular weight excluding hydrogens is 455 g/mol. The Bertz CT molecular complexity index is 728. The molecule has 2 heterocycles. The van der Waals surface area contributed by atoms with Gasteiger partial charge < -0.3 is 19.9 Å². The highest BCUT2D eigenvalue weighted by Gasteiger charge is 2.14. The predicted octanol–water partition coefficient (Wildman–Crippen LogP) is 2.89. The van der Waals surface area contributed by atoms with E-state index >= 15 is 0 Å². The van der Waals surface area contributed by atoms with Crippen LogP contribution in [0, 0.1) is 0 Å². The van der Waals surface area contributed by atoms with Crippen LogP contribution in [0.3, 0.4) is 0 Å². The van der Waals surface area contributed by atoms with Crippen molar-refractivity contribution in [3.8, 4) is 5.75 Å². The first-order valence-corrected chi connectivity index (χ1v) is 9.36. The first-order valence-electron chi connectivity index (χ1n) is 9.36. The third kappa shape index (κ3) is 6.08. The zero-order chi connectivity index (χ0) is 18.2. The Kier molecular flexibility index (Phi) is 8.83. The van der Waals surface area contributed by atoms with Crippen molar-refractivity contribution in [2.24, 2.45) is 4.99 Å². The average Bonchev–Trinajstić information content (AvgIpc) is 2.90. The first-order chi connectivity index (χ1) is 12.8. The molecule has 0 unspecified atom stereocenters. The van der Waals surface area contributed by atoms with Gasteiger partial charge in [-0.15, -0.1) is 34.2 Å². The van der Waals surface area contributed by atoms with Crippen LogP contribution in [0.15, 0.2) is 29.3 Å². The van der Waals surface area contributed by atoms with Gasteiger partial charge in [-0.3, -0.25) is 0 Å². The van der Waals surface area contributed by atoms with Crippen LogP contribution in [0.25, 0.3) is 0 Å². The Morgan fingerprint density at radius 1 is 1.15 bits per heavy atom. The number of hydrogen-bond donors (Lipinski definition) is 2. The Labute approximate surface area is 178 Å². The average molecular weight is 484 g/mol. The van der Waals surface area contributed by atoms with Crippen molar-refractivity contribution in [2.75, 3.05) is 13.7 Å². The molecule has 148 valence electrons. The number of halogens is 1. The van der Waals surface area contributed by atoms with Gasteiger partial charge in [-0.25, -0.2) is 4.99 Å². The van der Waals surface area contributed by atoms with E-state index in [2.05, 4.69) is 37.3 Å². The molecule has 27 heavy (non-hydrogen) atoms. The quantitative estimate of drug-likeness (QED) is 0.375. The molecule has 2 aromatic rings. The number of nitrogens with zero attached hydrogens (tertiary/aromatic N) is 4. The number of aromatic nitrogens is 3. The van der Waals surface area contributed by atoms with E-state index in [0.717, 1.165) is 48.4 Å². The standard InChI is InChI=1S/C19H28N6O.HI/c1-3-20-19(21-13-15-8-10-16(26-2)11-9-15)22-14-18-24-23-17-7-5-4-6-12-25(17)18;/h8-11H,3-7,12-14H2,1-2H3,(H2,20,21,22);1H. The topological polar surface area (TPSA) is 76.4 Å². The molecule has 7 nitrogen and oxygen atoms in total. The summed E-state index contributed by atoms with van der Waals surface area (Å²) in [4.78, 5) is 4.67. The highest BCUT2D eigenvalue weighted by Crippen LogP contribution is 2.14. The lowest BCUT2D eigenvalue weighted by atomic mass is 10.2. The Morgan fingerprint density at radius 2 is 1.96 bits per heavy atom. The molecule has 1 aliphatic heterocycles. The number of methoxy groups -OCH3 is 1. The number of fused-ring (bicyclic) bond motifs is 1. The number of rotatable bonds is 6. The van der Waals surface area contributed by atoms with Crippen LogP contribution in [-0.2, 0) is 26.1 Å². The van der Waals surface area contributed by atoms with Gasteiger partial charge in [0.25, 0.3) is 0 Å². The molecule has 1 aromatic carbocycles. The second-order valence-electron chi connectivity index (χ2n) is 6.39. The molecular formula is C19H29IN6O. The molecule has 0 amide bonds. The third-order valence-electron chi connectivity index (χ3n) is 4.52. The minimum absolute atomic E-state index is 0. The van der Waals surface area contributed by atoms with E-state index in [0.29, 0.717) is 13.1 Å². The van der Waals surface area contributed by atoms with Crippen LogP contribution in [0.1, 0.15) is 43.4 Å². The smallest absolute Gasteiger partial charge is 0.191 e. The molecule has 3 rings (SSSR count). The second kappa shape index (κ2) is 11.1. The molecule has 2 N–H and O–H groups in total. The molecule has 0 radical (unpaired) electrons. The Balaban J connectivity index is 0.00000261. The van der Waals surface area contributed by atoms with E-state index in [1.165, 1.54) is 19.3 Å². The monoisotopic (exact) mass is 484 g/mol. The lowest BCUT2D eigenvalue weighted by Crippen LogP contribution is -2.37. The van der Waals surface area contributed by atoms with Crippen molar-refractivity contribution in [1.29, 1.82) is 0 Å². The maximum Gasteiger partial charge on any atom is 0.191 e. The summed E-state index contributed by atoms with van der Waals surface area (Å²) in [6.45, 7) is 5.12.